The molecular weight excluding hydrogens is 240 g/mol. The molecule has 0 aliphatic heterocycles. The largest absolute Gasteiger partial charge is 0.468 e. The molecule has 0 aliphatic rings. The Morgan fingerprint density at radius 1 is 1.39 bits per heavy atom. The van der Waals surface area contributed by atoms with E-state index in [1.807, 2.05) is 0 Å². The molecule has 0 heterocycles. The van der Waals surface area contributed by atoms with Crippen LogP contribution in [0.5, 0.6) is 0 Å². The summed E-state index contributed by atoms with van der Waals surface area (Å²) in [6.45, 7) is 3.55. The normalized spacial score (nSPS) is 11.7. The number of likely N-dealkylation sites (N-methyl/N-ethyl adjacent to an activating group) is 1. The Balaban J connectivity index is 2.87. The number of esters is 1. The Kier molecular flexibility index (Phi) is 4.40. The van der Waals surface area contributed by atoms with Gasteiger partial charge in [-0.25, -0.2) is 8.78 Å². The second-order valence-electron chi connectivity index (χ2n) is 4.64. The number of carbonyl (C=O) groups excluding carboxylic acids is 1. The highest BCUT2D eigenvalue weighted by Crippen LogP contribution is 2.19. The second kappa shape index (κ2) is 5.44. The molecule has 0 aliphatic carbocycles. The molecule has 0 spiro atoms. The highest BCUT2D eigenvalue weighted by molar-refractivity contribution is 5.79. The summed E-state index contributed by atoms with van der Waals surface area (Å²) in [4.78, 5) is 13.2. The van der Waals surface area contributed by atoms with Crippen LogP contribution in [0.15, 0.2) is 18.2 Å². The van der Waals surface area contributed by atoms with E-state index in [1.165, 1.54) is 19.2 Å². The molecule has 1 aromatic carbocycles. The first-order valence-electron chi connectivity index (χ1n) is 5.52. The molecule has 100 valence electrons. The molecule has 0 unspecified atom stereocenters. The van der Waals surface area contributed by atoms with Crippen molar-refractivity contribution in [1.82, 2.24) is 4.90 Å². The van der Waals surface area contributed by atoms with Gasteiger partial charge in [-0.2, -0.15) is 0 Å². The summed E-state index contributed by atoms with van der Waals surface area (Å²) in [5.74, 6) is -1.65. The lowest BCUT2D eigenvalue weighted by Crippen LogP contribution is -2.48. The molecule has 5 heteroatoms. The number of methoxy groups -OCH3 is 1. The van der Waals surface area contributed by atoms with Crippen LogP contribution in [0.1, 0.15) is 19.4 Å². The topological polar surface area (TPSA) is 29.5 Å². The number of rotatable bonds is 4. The Morgan fingerprint density at radius 3 is 2.50 bits per heavy atom. The van der Waals surface area contributed by atoms with Gasteiger partial charge in [0.1, 0.15) is 17.2 Å². The van der Waals surface area contributed by atoms with Crippen LogP contribution in [0.3, 0.4) is 0 Å². The van der Waals surface area contributed by atoms with Gasteiger partial charge in [0.2, 0.25) is 0 Å². The predicted octanol–water partition coefficient (Wildman–Crippen LogP) is 2.35. The number of halogens is 2. The molecule has 0 saturated carbocycles. The summed E-state index contributed by atoms with van der Waals surface area (Å²) in [6, 6.07) is 3.39. The van der Waals surface area contributed by atoms with Crippen molar-refractivity contribution >= 4 is 5.97 Å². The van der Waals surface area contributed by atoms with Crippen molar-refractivity contribution in [3.63, 3.8) is 0 Å². The van der Waals surface area contributed by atoms with Crippen molar-refractivity contribution in [3.8, 4) is 0 Å². The van der Waals surface area contributed by atoms with Gasteiger partial charge in [-0.1, -0.05) is 6.07 Å². The lowest BCUT2D eigenvalue weighted by Gasteiger charge is -2.32. The maximum Gasteiger partial charge on any atom is 0.325 e. The van der Waals surface area contributed by atoms with Crippen LogP contribution in [-0.2, 0) is 16.1 Å². The summed E-state index contributed by atoms with van der Waals surface area (Å²) < 4.78 is 31.0. The zero-order chi connectivity index (χ0) is 13.9. The third kappa shape index (κ3) is 3.04. The third-order valence-corrected chi connectivity index (χ3v) is 3.06. The summed E-state index contributed by atoms with van der Waals surface area (Å²) in [7, 11) is 2.98. The van der Waals surface area contributed by atoms with Crippen LogP contribution in [0, 0.1) is 11.6 Å². The van der Waals surface area contributed by atoms with Crippen LogP contribution in [0.2, 0.25) is 0 Å². The van der Waals surface area contributed by atoms with Gasteiger partial charge >= 0.3 is 5.97 Å². The average Bonchev–Trinajstić information content (AvgIpc) is 2.31. The maximum atomic E-state index is 13.5. The average molecular weight is 257 g/mol. The van der Waals surface area contributed by atoms with Gasteiger partial charge in [0.05, 0.1) is 7.11 Å². The molecule has 1 aromatic rings. The van der Waals surface area contributed by atoms with Crippen molar-refractivity contribution in [2.45, 2.75) is 25.9 Å². The lowest BCUT2D eigenvalue weighted by atomic mass is 10.0. The SMILES string of the molecule is COC(=O)C(C)(C)N(C)Cc1ccc(F)cc1F. The zero-order valence-electron chi connectivity index (χ0n) is 11.0. The standard InChI is InChI=1S/C13H17F2NO2/c1-13(2,12(17)18-4)16(3)8-9-5-6-10(14)7-11(9)15/h5-7H,8H2,1-4H3. The maximum absolute atomic E-state index is 13.5. The molecule has 0 aromatic heterocycles. The fourth-order valence-electron chi connectivity index (χ4n) is 1.51. The van der Waals surface area contributed by atoms with E-state index in [0.717, 1.165) is 6.07 Å². The fraction of sp³-hybridized carbons (Fsp3) is 0.462. The van der Waals surface area contributed by atoms with Crippen molar-refractivity contribution in [2.24, 2.45) is 0 Å². The van der Waals surface area contributed by atoms with Crippen LogP contribution < -0.4 is 0 Å². The summed E-state index contributed by atoms with van der Waals surface area (Å²) >= 11 is 0. The smallest absolute Gasteiger partial charge is 0.325 e. The summed E-state index contributed by atoms with van der Waals surface area (Å²) in [5.41, 5.74) is -0.550. The van der Waals surface area contributed by atoms with Crippen molar-refractivity contribution < 1.29 is 18.3 Å². The molecule has 0 N–H and O–H groups in total. The monoisotopic (exact) mass is 257 g/mol. The molecule has 0 radical (unpaired) electrons. The molecule has 3 nitrogen and oxygen atoms in total. The van der Waals surface area contributed by atoms with Crippen LogP contribution >= 0.6 is 0 Å². The van der Waals surface area contributed by atoms with E-state index in [-0.39, 0.29) is 6.54 Å². The highest BCUT2D eigenvalue weighted by atomic mass is 19.1. The van der Waals surface area contributed by atoms with Gasteiger partial charge in [0.15, 0.2) is 0 Å². The number of ether oxygens (including phenoxy) is 1. The Bertz CT molecular complexity index is 447. The minimum Gasteiger partial charge on any atom is -0.468 e. The van der Waals surface area contributed by atoms with E-state index in [4.69, 9.17) is 0 Å². The number of benzene rings is 1. The number of nitrogens with zero attached hydrogens (tertiary/aromatic N) is 1. The van der Waals surface area contributed by atoms with Crippen molar-refractivity contribution in [2.75, 3.05) is 14.2 Å². The van der Waals surface area contributed by atoms with E-state index in [2.05, 4.69) is 4.74 Å². The van der Waals surface area contributed by atoms with Gasteiger partial charge in [-0.05, 0) is 27.0 Å². The summed E-state index contributed by atoms with van der Waals surface area (Å²) in [5, 5.41) is 0. The Labute approximate surface area is 105 Å². The molecule has 1 rings (SSSR count). The molecule has 0 fully saturated rings. The van der Waals surface area contributed by atoms with E-state index in [0.29, 0.717) is 5.56 Å². The number of hydrogen-bond acceptors (Lipinski definition) is 3. The molecule has 0 bridgehead atoms. The zero-order valence-corrected chi connectivity index (χ0v) is 11.0. The third-order valence-electron chi connectivity index (χ3n) is 3.06. The van der Waals surface area contributed by atoms with E-state index < -0.39 is 23.1 Å². The van der Waals surface area contributed by atoms with Gasteiger partial charge in [0, 0.05) is 18.2 Å². The van der Waals surface area contributed by atoms with Gasteiger partial charge in [-0.3, -0.25) is 9.69 Å². The number of hydrogen-bond donors (Lipinski definition) is 0. The van der Waals surface area contributed by atoms with Crippen LogP contribution in [0.4, 0.5) is 8.78 Å². The molecule has 0 atom stereocenters. The minimum absolute atomic E-state index is 0.189. The molecule has 0 amide bonds. The fourth-order valence-corrected chi connectivity index (χ4v) is 1.51. The summed E-state index contributed by atoms with van der Waals surface area (Å²) in [6.07, 6.45) is 0. The van der Waals surface area contributed by atoms with E-state index in [1.54, 1.807) is 25.8 Å². The van der Waals surface area contributed by atoms with Crippen LogP contribution in [0.25, 0.3) is 0 Å². The minimum atomic E-state index is -0.879. The Morgan fingerprint density at radius 2 is 2.00 bits per heavy atom. The first-order valence-corrected chi connectivity index (χ1v) is 5.52. The van der Waals surface area contributed by atoms with Gasteiger partial charge in [0.25, 0.3) is 0 Å². The second-order valence-corrected chi connectivity index (χ2v) is 4.64. The quantitative estimate of drug-likeness (QED) is 0.775. The molecule has 0 saturated heterocycles. The first-order chi connectivity index (χ1) is 8.28. The lowest BCUT2D eigenvalue weighted by molar-refractivity contribution is -0.152. The van der Waals surface area contributed by atoms with E-state index >= 15 is 0 Å². The van der Waals surface area contributed by atoms with Crippen molar-refractivity contribution in [3.05, 3.63) is 35.4 Å². The van der Waals surface area contributed by atoms with Gasteiger partial charge < -0.3 is 4.74 Å². The van der Waals surface area contributed by atoms with Crippen LogP contribution in [-0.4, -0.2) is 30.6 Å². The molecule has 18 heavy (non-hydrogen) atoms. The number of carbonyl (C=O) groups is 1. The van der Waals surface area contributed by atoms with Crippen molar-refractivity contribution in [1.29, 1.82) is 0 Å². The predicted molar refractivity (Wildman–Crippen MR) is 63.9 cm³/mol. The Hall–Kier alpha value is -1.49. The van der Waals surface area contributed by atoms with E-state index in [9.17, 15) is 13.6 Å². The highest BCUT2D eigenvalue weighted by Gasteiger charge is 2.33. The first kappa shape index (κ1) is 14.6. The molecular formula is C13H17F2NO2. The van der Waals surface area contributed by atoms with Gasteiger partial charge in [-0.15, -0.1) is 0 Å².